The summed E-state index contributed by atoms with van der Waals surface area (Å²) in [7, 11) is 0.0824. The Kier molecular flexibility index (Phi) is 4.83. The first-order chi connectivity index (χ1) is 13.2. The van der Waals surface area contributed by atoms with Crippen LogP contribution < -0.4 is 0 Å². The Morgan fingerprint density at radius 1 is 1.18 bits per heavy atom. The number of aromatic nitrogens is 5. The Labute approximate surface area is 166 Å². The Bertz CT molecular complexity index is 941. The third-order valence-electron chi connectivity index (χ3n) is 6.48. The first-order valence-corrected chi connectivity index (χ1v) is 11.2. The number of piperidine rings is 1. The molecule has 2 aliphatic heterocycles. The largest absolute Gasteiger partial charge is 0.339 e. The summed E-state index contributed by atoms with van der Waals surface area (Å²) in [6.07, 6.45) is 6.70. The Morgan fingerprint density at radius 3 is 2.43 bits per heavy atom. The Hall–Kier alpha value is -1.78. The fraction of sp³-hybridized carbons (Fsp3) is 0.722. The monoisotopic (exact) mass is 407 g/mol. The molecule has 0 N–H and O–H groups in total. The van der Waals surface area contributed by atoms with Crippen molar-refractivity contribution in [1.29, 1.82) is 0 Å². The van der Waals surface area contributed by atoms with Crippen molar-refractivity contribution in [3.63, 3.8) is 0 Å². The highest BCUT2D eigenvalue weighted by molar-refractivity contribution is 7.89. The SMILES string of the molecule is CC(C)N1CCC2(CC1)CN(S(=O)(=O)c1cn(C)cn1)CC2c1nncn1C. The molecule has 1 unspecified atom stereocenters. The van der Waals surface area contributed by atoms with Gasteiger partial charge in [-0.15, -0.1) is 10.2 Å². The molecule has 2 saturated heterocycles. The number of rotatable bonds is 4. The van der Waals surface area contributed by atoms with E-state index < -0.39 is 10.0 Å². The standard InChI is InChI=1S/C18H29N7O2S/c1-14(2)24-7-5-18(6-8-24)11-25(9-15(18)17-21-20-13-23(17)4)28(26,27)16-10-22(3)12-19-16/h10,12-15H,5-9,11H2,1-4H3. The van der Waals surface area contributed by atoms with Gasteiger partial charge in [-0.2, -0.15) is 4.31 Å². The summed E-state index contributed by atoms with van der Waals surface area (Å²) in [5, 5.41) is 8.52. The van der Waals surface area contributed by atoms with Gasteiger partial charge < -0.3 is 14.0 Å². The second kappa shape index (κ2) is 6.93. The van der Waals surface area contributed by atoms with Crippen molar-refractivity contribution in [1.82, 2.24) is 33.5 Å². The van der Waals surface area contributed by atoms with Gasteiger partial charge >= 0.3 is 0 Å². The van der Waals surface area contributed by atoms with E-state index in [0.29, 0.717) is 19.1 Å². The third kappa shape index (κ3) is 3.17. The van der Waals surface area contributed by atoms with Crippen LogP contribution in [-0.2, 0) is 24.1 Å². The molecule has 10 heteroatoms. The van der Waals surface area contributed by atoms with Gasteiger partial charge in [0.1, 0.15) is 12.2 Å². The highest BCUT2D eigenvalue weighted by Crippen LogP contribution is 2.50. The maximum Gasteiger partial charge on any atom is 0.262 e. The molecule has 0 amide bonds. The summed E-state index contributed by atoms with van der Waals surface area (Å²) >= 11 is 0. The molecule has 28 heavy (non-hydrogen) atoms. The molecule has 154 valence electrons. The first-order valence-electron chi connectivity index (χ1n) is 9.79. The molecule has 1 spiro atoms. The number of sulfonamides is 1. The minimum absolute atomic E-state index is 0.0350. The van der Waals surface area contributed by atoms with Crippen LogP contribution in [0.3, 0.4) is 0 Å². The molecule has 0 aliphatic carbocycles. The van der Waals surface area contributed by atoms with Crippen LogP contribution in [0.4, 0.5) is 0 Å². The van der Waals surface area contributed by atoms with E-state index in [1.54, 1.807) is 28.4 Å². The van der Waals surface area contributed by atoms with E-state index >= 15 is 0 Å². The molecule has 2 aliphatic rings. The average Bonchev–Trinajstić information content (AvgIpc) is 3.35. The van der Waals surface area contributed by atoms with E-state index in [1.165, 1.54) is 6.33 Å². The van der Waals surface area contributed by atoms with Crippen LogP contribution in [0.1, 0.15) is 38.4 Å². The number of aryl methyl sites for hydroxylation is 2. The van der Waals surface area contributed by atoms with E-state index in [2.05, 4.69) is 33.9 Å². The van der Waals surface area contributed by atoms with E-state index in [0.717, 1.165) is 31.8 Å². The maximum absolute atomic E-state index is 13.2. The summed E-state index contributed by atoms with van der Waals surface area (Å²) in [6.45, 7) is 7.31. The number of likely N-dealkylation sites (tertiary alicyclic amines) is 1. The predicted molar refractivity (Wildman–Crippen MR) is 104 cm³/mol. The fourth-order valence-corrected chi connectivity index (χ4v) is 6.23. The molecule has 4 heterocycles. The zero-order valence-corrected chi connectivity index (χ0v) is 17.8. The number of hydrogen-bond acceptors (Lipinski definition) is 6. The molecular weight excluding hydrogens is 378 g/mol. The van der Waals surface area contributed by atoms with Gasteiger partial charge in [0.2, 0.25) is 0 Å². The van der Waals surface area contributed by atoms with Crippen molar-refractivity contribution >= 4 is 10.0 Å². The van der Waals surface area contributed by atoms with Gasteiger partial charge in [-0.1, -0.05) is 0 Å². The quantitative estimate of drug-likeness (QED) is 0.746. The Morgan fingerprint density at radius 2 is 1.89 bits per heavy atom. The van der Waals surface area contributed by atoms with E-state index in [4.69, 9.17) is 0 Å². The van der Waals surface area contributed by atoms with Crippen LogP contribution in [0.2, 0.25) is 0 Å². The maximum atomic E-state index is 13.2. The average molecular weight is 408 g/mol. The lowest BCUT2D eigenvalue weighted by Gasteiger charge is -2.43. The van der Waals surface area contributed by atoms with E-state index in [1.807, 2.05) is 11.6 Å². The summed E-state index contributed by atoms with van der Waals surface area (Å²) in [5.41, 5.74) is -0.117. The summed E-state index contributed by atoms with van der Waals surface area (Å²) in [4.78, 5) is 6.57. The zero-order chi connectivity index (χ0) is 20.1. The minimum Gasteiger partial charge on any atom is -0.339 e. The molecule has 2 aromatic rings. The van der Waals surface area contributed by atoms with Crippen molar-refractivity contribution in [3.8, 4) is 0 Å². The third-order valence-corrected chi connectivity index (χ3v) is 8.18. The first kappa shape index (κ1) is 19.5. The van der Waals surface area contributed by atoms with Crippen molar-refractivity contribution in [3.05, 3.63) is 24.7 Å². The van der Waals surface area contributed by atoms with Crippen LogP contribution in [-0.4, -0.2) is 74.2 Å². The van der Waals surface area contributed by atoms with Gasteiger partial charge in [-0.25, -0.2) is 13.4 Å². The van der Waals surface area contributed by atoms with Crippen LogP contribution >= 0.6 is 0 Å². The minimum atomic E-state index is -3.63. The molecule has 0 radical (unpaired) electrons. The van der Waals surface area contributed by atoms with Crippen molar-refractivity contribution < 1.29 is 8.42 Å². The normalized spacial score (nSPS) is 23.8. The van der Waals surface area contributed by atoms with Crippen LogP contribution in [0.5, 0.6) is 0 Å². The predicted octanol–water partition coefficient (Wildman–Crippen LogP) is 0.827. The van der Waals surface area contributed by atoms with Gasteiger partial charge in [0.25, 0.3) is 10.0 Å². The fourth-order valence-electron chi connectivity index (χ4n) is 4.72. The van der Waals surface area contributed by atoms with Crippen LogP contribution in [0.25, 0.3) is 0 Å². The highest BCUT2D eigenvalue weighted by atomic mass is 32.2. The van der Waals surface area contributed by atoms with Crippen molar-refractivity contribution in [2.45, 2.75) is 43.7 Å². The zero-order valence-electron chi connectivity index (χ0n) is 17.0. The molecule has 0 bridgehead atoms. The molecule has 2 aromatic heterocycles. The molecule has 2 fully saturated rings. The lowest BCUT2D eigenvalue weighted by Crippen LogP contribution is -2.46. The molecule has 9 nitrogen and oxygen atoms in total. The smallest absolute Gasteiger partial charge is 0.262 e. The summed E-state index contributed by atoms with van der Waals surface area (Å²) in [6, 6.07) is 0.500. The Balaban J connectivity index is 1.67. The molecule has 1 atom stereocenters. The van der Waals surface area contributed by atoms with Gasteiger partial charge in [-0.05, 0) is 45.2 Å². The van der Waals surface area contributed by atoms with Gasteiger partial charge in [0, 0.05) is 45.3 Å². The molecule has 4 rings (SSSR count). The van der Waals surface area contributed by atoms with E-state index in [9.17, 15) is 8.42 Å². The molecule has 0 aromatic carbocycles. The van der Waals surface area contributed by atoms with Crippen LogP contribution in [0, 0.1) is 5.41 Å². The molecular formula is C18H29N7O2S. The number of imidazole rings is 1. The van der Waals surface area contributed by atoms with Crippen LogP contribution in [0.15, 0.2) is 23.9 Å². The summed E-state index contributed by atoms with van der Waals surface area (Å²) in [5.74, 6) is 0.907. The van der Waals surface area contributed by atoms with Gasteiger partial charge in [0.05, 0.1) is 6.33 Å². The van der Waals surface area contributed by atoms with Gasteiger partial charge in [0.15, 0.2) is 5.03 Å². The second-order valence-electron chi connectivity index (χ2n) is 8.52. The van der Waals surface area contributed by atoms with Crippen molar-refractivity contribution in [2.24, 2.45) is 19.5 Å². The molecule has 0 saturated carbocycles. The second-order valence-corrected chi connectivity index (χ2v) is 10.4. The summed E-state index contributed by atoms with van der Waals surface area (Å²) < 4.78 is 31.7. The number of nitrogens with zero attached hydrogens (tertiary/aromatic N) is 7. The lowest BCUT2D eigenvalue weighted by molar-refractivity contribution is 0.0791. The number of hydrogen-bond donors (Lipinski definition) is 0. The van der Waals surface area contributed by atoms with E-state index in [-0.39, 0.29) is 16.4 Å². The van der Waals surface area contributed by atoms with Crippen molar-refractivity contribution in [2.75, 3.05) is 26.2 Å². The topological polar surface area (TPSA) is 89.2 Å². The lowest BCUT2D eigenvalue weighted by atomic mass is 9.70. The highest BCUT2D eigenvalue weighted by Gasteiger charge is 2.53. The van der Waals surface area contributed by atoms with Gasteiger partial charge in [-0.3, -0.25) is 0 Å².